The number of hydrogen-bond donors (Lipinski definition) is 1. The fourth-order valence-corrected chi connectivity index (χ4v) is 3.44. The van der Waals surface area contributed by atoms with Gasteiger partial charge in [-0.25, -0.2) is 0 Å². The molecule has 2 aromatic rings. The average Bonchev–Trinajstić information content (AvgIpc) is 3.44. The molecule has 2 heterocycles. The van der Waals surface area contributed by atoms with E-state index in [4.69, 9.17) is 4.52 Å². The third-order valence-electron chi connectivity index (χ3n) is 5.09. The van der Waals surface area contributed by atoms with Crippen molar-refractivity contribution in [3.05, 3.63) is 42.1 Å². The molecule has 0 unspecified atom stereocenters. The van der Waals surface area contributed by atoms with E-state index < -0.39 is 0 Å². The SMILES string of the molecule is O=C(NCc1cc(-c2ccccc2)on1)[C@H]1CCCN(C(=O)C2CC2)C1. The Kier molecular flexibility index (Phi) is 4.73. The van der Waals surface area contributed by atoms with Gasteiger partial charge in [-0.1, -0.05) is 35.5 Å². The highest BCUT2D eigenvalue weighted by molar-refractivity contribution is 5.83. The number of nitrogens with one attached hydrogen (secondary N) is 1. The minimum atomic E-state index is -0.132. The molecule has 1 saturated carbocycles. The Morgan fingerprint density at radius 1 is 1.15 bits per heavy atom. The van der Waals surface area contributed by atoms with Crippen molar-refractivity contribution in [2.24, 2.45) is 11.8 Å². The van der Waals surface area contributed by atoms with Crippen molar-refractivity contribution >= 4 is 11.8 Å². The predicted molar refractivity (Wildman–Crippen MR) is 95.8 cm³/mol. The number of piperidine rings is 1. The van der Waals surface area contributed by atoms with Crippen LogP contribution in [0.3, 0.4) is 0 Å². The first kappa shape index (κ1) is 16.8. The molecule has 1 N–H and O–H groups in total. The Labute approximate surface area is 152 Å². The lowest BCUT2D eigenvalue weighted by Crippen LogP contribution is -2.45. The summed E-state index contributed by atoms with van der Waals surface area (Å²) in [6.07, 6.45) is 3.72. The van der Waals surface area contributed by atoms with Gasteiger partial charge in [0.1, 0.15) is 5.69 Å². The van der Waals surface area contributed by atoms with Gasteiger partial charge in [0.25, 0.3) is 0 Å². The highest BCUT2D eigenvalue weighted by atomic mass is 16.5. The van der Waals surface area contributed by atoms with E-state index in [-0.39, 0.29) is 23.7 Å². The lowest BCUT2D eigenvalue weighted by Gasteiger charge is -2.32. The summed E-state index contributed by atoms with van der Waals surface area (Å²) >= 11 is 0. The van der Waals surface area contributed by atoms with E-state index in [9.17, 15) is 9.59 Å². The molecule has 0 spiro atoms. The molecule has 4 rings (SSSR count). The van der Waals surface area contributed by atoms with Crippen molar-refractivity contribution in [2.75, 3.05) is 13.1 Å². The highest BCUT2D eigenvalue weighted by Gasteiger charge is 2.36. The van der Waals surface area contributed by atoms with Gasteiger partial charge in [0.15, 0.2) is 5.76 Å². The fourth-order valence-electron chi connectivity index (χ4n) is 3.44. The first-order chi connectivity index (χ1) is 12.7. The normalized spacial score (nSPS) is 20.0. The van der Waals surface area contributed by atoms with Gasteiger partial charge in [0.2, 0.25) is 11.8 Å². The van der Waals surface area contributed by atoms with Gasteiger partial charge in [0, 0.05) is 30.6 Å². The fraction of sp³-hybridized carbons (Fsp3) is 0.450. The van der Waals surface area contributed by atoms with Crippen LogP contribution in [0.5, 0.6) is 0 Å². The number of benzene rings is 1. The van der Waals surface area contributed by atoms with Crippen molar-refractivity contribution in [3.8, 4) is 11.3 Å². The summed E-state index contributed by atoms with van der Waals surface area (Å²) in [5.74, 6) is 0.984. The van der Waals surface area contributed by atoms with Gasteiger partial charge in [-0.2, -0.15) is 0 Å². The van der Waals surface area contributed by atoms with Crippen LogP contribution in [-0.4, -0.2) is 35.0 Å². The van der Waals surface area contributed by atoms with Gasteiger partial charge in [-0.3, -0.25) is 9.59 Å². The van der Waals surface area contributed by atoms with Crippen LogP contribution in [0.2, 0.25) is 0 Å². The van der Waals surface area contributed by atoms with Crippen LogP contribution in [0, 0.1) is 11.8 Å². The van der Waals surface area contributed by atoms with E-state index in [2.05, 4.69) is 10.5 Å². The van der Waals surface area contributed by atoms with Gasteiger partial charge < -0.3 is 14.7 Å². The Morgan fingerprint density at radius 3 is 2.73 bits per heavy atom. The number of rotatable bonds is 5. The minimum Gasteiger partial charge on any atom is -0.356 e. The van der Waals surface area contributed by atoms with Gasteiger partial charge in [-0.05, 0) is 25.7 Å². The molecule has 1 aliphatic carbocycles. The van der Waals surface area contributed by atoms with Crippen LogP contribution in [0.4, 0.5) is 0 Å². The number of hydrogen-bond acceptors (Lipinski definition) is 4. The van der Waals surface area contributed by atoms with Crippen LogP contribution >= 0.6 is 0 Å². The zero-order valence-corrected chi connectivity index (χ0v) is 14.7. The standard InChI is InChI=1S/C20H23N3O3/c24-19(16-7-4-10-23(13-16)20(25)15-8-9-15)21-12-17-11-18(26-22-17)14-5-2-1-3-6-14/h1-3,5-6,11,15-16H,4,7-10,12-13H2,(H,21,24)/t16-/m0/s1. The van der Waals surface area contributed by atoms with Crippen molar-refractivity contribution in [2.45, 2.75) is 32.2 Å². The zero-order valence-electron chi connectivity index (χ0n) is 14.7. The van der Waals surface area contributed by atoms with Crippen molar-refractivity contribution in [3.63, 3.8) is 0 Å². The quantitative estimate of drug-likeness (QED) is 0.896. The summed E-state index contributed by atoms with van der Waals surface area (Å²) in [5, 5.41) is 6.97. The maximum atomic E-state index is 12.5. The number of aromatic nitrogens is 1. The second-order valence-electron chi connectivity index (χ2n) is 7.16. The summed E-state index contributed by atoms with van der Waals surface area (Å²) in [4.78, 5) is 26.6. The molecule has 26 heavy (non-hydrogen) atoms. The lowest BCUT2D eigenvalue weighted by atomic mass is 9.96. The number of nitrogens with zero attached hydrogens (tertiary/aromatic N) is 2. The van der Waals surface area contributed by atoms with E-state index in [1.54, 1.807) is 0 Å². The van der Waals surface area contributed by atoms with E-state index in [1.807, 2.05) is 41.3 Å². The molecule has 136 valence electrons. The Bertz CT molecular complexity index is 783. The second-order valence-corrected chi connectivity index (χ2v) is 7.16. The number of carbonyl (C=O) groups is 2. The maximum absolute atomic E-state index is 12.5. The van der Waals surface area contributed by atoms with Crippen molar-refractivity contribution < 1.29 is 14.1 Å². The van der Waals surface area contributed by atoms with Crippen LogP contribution in [0.25, 0.3) is 11.3 Å². The maximum Gasteiger partial charge on any atom is 0.225 e. The number of likely N-dealkylation sites (tertiary alicyclic amines) is 1. The van der Waals surface area contributed by atoms with E-state index in [0.29, 0.717) is 24.5 Å². The average molecular weight is 353 g/mol. The van der Waals surface area contributed by atoms with Gasteiger partial charge >= 0.3 is 0 Å². The minimum absolute atomic E-state index is 0.0115. The summed E-state index contributed by atoms with van der Waals surface area (Å²) in [6, 6.07) is 11.6. The molecular weight excluding hydrogens is 330 g/mol. The molecule has 2 amide bonds. The van der Waals surface area contributed by atoms with E-state index >= 15 is 0 Å². The Balaban J connectivity index is 1.31. The molecule has 2 fully saturated rings. The number of amides is 2. The summed E-state index contributed by atoms with van der Waals surface area (Å²) in [7, 11) is 0. The molecule has 0 bridgehead atoms. The first-order valence-corrected chi connectivity index (χ1v) is 9.28. The molecule has 1 aromatic carbocycles. The van der Waals surface area contributed by atoms with Crippen LogP contribution in [0.1, 0.15) is 31.4 Å². The molecule has 1 atom stereocenters. The third kappa shape index (κ3) is 3.79. The molecule has 0 radical (unpaired) electrons. The topological polar surface area (TPSA) is 75.4 Å². The smallest absolute Gasteiger partial charge is 0.225 e. The van der Waals surface area contributed by atoms with Gasteiger partial charge in [-0.15, -0.1) is 0 Å². The Morgan fingerprint density at radius 2 is 1.96 bits per heavy atom. The molecule has 6 heteroatoms. The third-order valence-corrected chi connectivity index (χ3v) is 5.09. The van der Waals surface area contributed by atoms with Crippen molar-refractivity contribution in [1.29, 1.82) is 0 Å². The molecule has 2 aliphatic rings. The zero-order chi connectivity index (χ0) is 17.9. The van der Waals surface area contributed by atoms with Crippen LogP contribution < -0.4 is 5.32 Å². The predicted octanol–water partition coefficient (Wildman–Crippen LogP) is 2.61. The van der Waals surface area contributed by atoms with Crippen LogP contribution in [0.15, 0.2) is 40.9 Å². The van der Waals surface area contributed by atoms with Crippen molar-refractivity contribution in [1.82, 2.24) is 15.4 Å². The number of carbonyl (C=O) groups excluding carboxylic acids is 2. The monoisotopic (exact) mass is 353 g/mol. The van der Waals surface area contributed by atoms with Gasteiger partial charge in [0.05, 0.1) is 12.5 Å². The van der Waals surface area contributed by atoms with E-state index in [1.165, 1.54) is 0 Å². The molecule has 1 aromatic heterocycles. The van der Waals surface area contributed by atoms with Crippen LogP contribution in [-0.2, 0) is 16.1 Å². The summed E-state index contributed by atoms with van der Waals surface area (Å²) < 4.78 is 5.36. The summed E-state index contributed by atoms with van der Waals surface area (Å²) in [6.45, 7) is 1.65. The second kappa shape index (κ2) is 7.32. The summed E-state index contributed by atoms with van der Waals surface area (Å²) in [5.41, 5.74) is 1.65. The molecule has 1 aliphatic heterocycles. The molecule has 6 nitrogen and oxygen atoms in total. The largest absolute Gasteiger partial charge is 0.356 e. The molecule has 1 saturated heterocycles. The lowest BCUT2D eigenvalue weighted by molar-refractivity contribution is -0.136. The first-order valence-electron chi connectivity index (χ1n) is 9.28. The highest BCUT2D eigenvalue weighted by Crippen LogP contribution is 2.32. The Hall–Kier alpha value is -2.63. The molecular formula is C20H23N3O3. The van der Waals surface area contributed by atoms with E-state index in [0.717, 1.165) is 37.8 Å².